The lowest BCUT2D eigenvalue weighted by molar-refractivity contribution is -0.386. The fourth-order valence-corrected chi connectivity index (χ4v) is 7.92. The van der Waals surface area contributed by atoms with Gasteiger partial charge in [-0.05, 0) is 59.7 Å². The van der Waals surface area contributed by atoms with Crippen molar-refractivity contribution < 1.29 is 47.2 Å². The van der Waals surface area contributed by atoms with Gasteiger partial charge in [0.05, 0.1) is 41.8 Å². The summed E-state index contributed by atoms with van der Waals surface area (Å²) in [5.74, 6) is -0.386. The van der Waals surface area contributed by atoms with Crippen LogP contribution in [0.2, 0.25) is 0 Å². The highest BCUT2D eigenvalue weighted by molar-refractivity contribution is 7.44. The van der Waals surface area contributed by atoms with Gasteiger partial charge in [-0.3, -0.25) is 24.3 Å². The molecule has 1 saturated heterocycles. The first-order chi connectivity index (χ1) is 26.2. The Hall–Kier alpha value is -5.18. The van der Waals surface area contributed by atoms with Gasteiger partial charge in [0.2, 0.25) is 6.79 Å². The number of aryl methyl sites for hydroxylation is 1. The Balaban J connectivity index is 1.42. The van der Waals surface area contributed by atoms with Crippen LogP contribution in [-0.4, -0.2) is 75.1 Å². The molecule has 0 spiro atoms. The van der Waals surface area contributed by atoms with Gasteiger partial charge < -0.3 is 32.7 Å². The number of nitro benzene ring substituents is 1. The summed E-state index contributed by atoms with van der Waals surface area (Å²) in [4.78, 5) is 64.7. The van der Waals surface area contributed by atoms with E-state index in [-0.39, 0.29) is 72.2 Å². The highest BCUT2D eigenvalue weighted by atomic mass is 31.2. The minimum Gasteiger partial charge on any atom is -0.454 e. The smallest absolute Gasteiger partial charge is 0.454 e. The number of nitriles is 1. The molecule has 5 rings (SSSR count). The van der Waals surface area contributed by atoms with Gasteiger partial charge in [0.1, 0.15) is 25.0 Å². The number of benzene rings is 2. The Labute approximate surface area is 317 Å². The number of nitrogens with zero attached hydrogens (tertiary/aromatic N) is 5. The van der Waals surface area contributed by atoms with Crippen molar-refractivity contribution in [3.8, 4) is 17.6 Å². The molecule has 2 aliphatic rings. The van der Waals surface area contributed by atoms with Crippen LogP contribution in [0.15, 0.2) is 58.3 Å². The van der Waals surface area contributed by atoms with Gasteiger partial charge in [0, 0.05) is 35.8 Å². The Morgan fingerprint density at radius 3 is 2.40 bits per heavy atom. The molecular weight excluding hydrogens is 741 g/mol. The molecule has 1 aromatic heterocycles. The summed E-state index contributed by atoms with van der Waals surface area (Å²) in [6.45, 7) is 10.2. The summed E-state index contributed by atoms with van der Waals surface area (Å²) in [5, 5.41) is 21.0. The van der Waals surface area contributed by atoms with Crippen molar-refractivity contribution >= 4 is 26.3 Å². The second-order valence-corrected chi connectivity index (χ2v) is 14.6. The summed E-state index contributed by atoms with van der Waals surface area (Å²) >= 11 is 0. The van der Waals surface area contributed by atoms with Crippen LogP contribution >= 0.6 is 8.53 Å². The Bertz CT molecular complexity index is 2040. The first-order valence-electron chi connectivity index (χ1n) is 17.5. The van der Waals surface area contributed by atoms with E-state index >= 15 is 0 Å². The average Bonchev–Trinajstić information content (AvgIpc) is 3.78. The molecule has 5 atom stereocenters. The van der Waals surface area contributed by atoms with E-state index in [2.05, 4.69) is 0 Å². The van der Waals surface area contributed by atoms with E-state index in [0.717, 1.165) is 4.57 Å². The van der Waals surface area contributed by atoms with Crippen molar-refractivity contribution in [2.24, 2.45) is 0 Å². The highest BCUT2D eigenvalue weighted by Gasteiger charge is 2.43. The fraction of sp³-hybridized carbons (Fsp3) is 0.472. The van der Waals surface area contributed by atoms with Crippen LogP contribution in [0, 0.1) is 28.4 Å². The first-order valence-corrected chi connectivity index (χ1v) is 18.6. The molecule has 0 bridgehead atoms. The normalized spacial score (nSPS) is 18.7. The lowest BCUT2D eigenvalue weighted by atomic mass is 10.1. The van der Waals surface area contributed by atoms with Gasteiger partial charge in [0.25, 0.3) is 25.7 Å². The van der Waals surface area contributed by atoms with Crippen molar-refractivity contribution in [1.29, 1.82) is 5.26 Å². The molecule has 18 nitrogen and oxygen atoms in total. The summed E-state index contributed by atoms with van der Waals surface area (Å²) in [6, 6.07) is 12.4. The van der Waals surface area contributed by atoms with Gasteiger partial charge in [-0.25, -0.2) is 14.3 Å². The number of hydrogen-bond acceptors (Lipinski definition) is 15. The Kier molecular flexibility index (Phi) is 13.4. The molecule has 0 N–H and O–H groups in total. The zero-order chi connectivity index (χ0) is 40.0. The molecule has 0 aliphatic carbocycles. The summed E-state index contributed by atoms with van der Waals surface area (Å²) in [7, 11) is -1.84. The van der Waals surface area contributed by atoms with Crippen LogP contribution in [0.1, 0.15) is 81.3 Å². The Morgan fingerprint density at radius 1 is 1.09 bits per heavy atom. The molecule has 0 saturated carbocycles. The van der Waals surface area contributed by atoms with Crippen LogP contribution < -0.4 is 20.7 Å². The van der Waals surface area contributed by atoms with Crippen molar-refractivity contribution in [1.82, 2.24) is 13.8 Å². The zero-order valence-electron chi connectivity index (χ0n) is 31.1. The largest absolute Gasteiger partial charge is 0.508 e. The number of nitro groups is 1. The number of rotatable bonds is 15. The fourth-order valence-electron chi connectivity index (χ4n) is 6.16. The quantitative estimate of drug-likeness (QED) is 0.0611. The minimum atomic E-state index is -1.84. The second-order valence-electron chi connectivity index (χ2n) is 13.2. The maximum atomic E-state index is 13.9. The van der Waals surface area contributed by atoms with Gasteiger partial charge >= 0.3 is 11.8 Å². The van der Waals surface area contributed by atoms with Gasteiger partial charge in [-0.1, -0.05) is 18.2 Å². The van der Waals surface area contributed by atoms with Crippen molar-refractivity contribution in [3.05, 3.63) is 96.3 Å². The van der Waals surface area contributed by atoms with Crippen molar-refractivity contribution in [2.45, 2.75) is 91.0 Å². The standard InChI is InChI=1S/C36H42N5O13P/c1-21(2)40(22(3)4)55(51-14-10-13-37)54-30-17-32(38-18-23(5)33(42)39(35(38)44)34(43)25-11-8-7-9-12-25)53-31(30)19-48-36(45)52-24(6)26-15-28-29(50-20-49-28)16-27(26)41(46)47/h7-9,11-12,15-16,18,21-22,24,30-32H,10,14,17,19-20H2,1-6H3/t24?,30-,31+,32+,55?/m0/s1. The number of ether oxygens (including phenoxy) is 5. The van der Waals surface area contributed by atoms with Crippen LogP contribution in [0.5, 0.6) is 11.5 Å². The number of aromatic nitrogens is 2. The molecule has 1 fully saturated rings. The van der Waals surface area contributed by atoms with E-state index in [1.54, 1.807) is 18.2 Å². The molecule has 19 heteroatoms. The topological polar surface area (TPSA) is 213 Å². The number of carbonyl (C=O) groups excluding carboxylic acids is 2. The van der Waals surface area contributed by atoms with Gasteiger partial charge in [0.15, 0.2) is 11.5 Å². The third kappa shape index (κ3) is 9.38. The molecule has 2 aliphatic heterocycles. The second kappa shape index (κ2) is 18.0. The highest BCUT2D eigenvalue weighted by Crippen LogP contribution is 2.50. The van der Waals surface area contributed by atoms with Crippen molar-refractivity contribution in [2.75, 3.05) is 20.0 Å². The molecule has 0 amide bonds. The zero-order valence-corrected chi connectivity index (χ0v) is 32.0. The third-order valence-electron chi connectivity index (χ3n) is 8.68. The summed E-state index contributed by atoms with van der Waals surface area (Å²) < 4.78 is 44.1. The van der Waals surface area contributed by atoms with E-state index in [9.17, 15) is 34.6 Å². The average molecular weight is 784 g/mol. The molecular formula is C36H42N5O13P. The molecule has 2 unspecified atom stereocenters. The number of fused-ring (bicyclic) bond motifs is 1. The summed E-state index contributed by atoms with van der Waals surface area (Å²) in [6.07, 6.45) is -3.99. The predicted molar refractivity (Wildman–Crippen MR) is 195 cm³/mol. The van der Waals surface area contributed by atoms with E-state index in [0.29, 0.717) is 4.57 Å². The van der Waals surface area contributed by atoms with Crippen LogP contribution in [0.4, 0.5) is 10.5 Å². The molecule has 3 heterocycles. The molecule has 3 aromatic rings. The molecule has 0 radical (unpaired) electrons. The minimum absolute atomic E-state index is 0.00950. The predicted octanol–water partition coefficient (Wildman–Crippen LogP) is 5.51. The van der Waals surface area contributed by atoms with E-state index in [1.165, 1.54) is 44.3 Å². The van der Waals surface area contributed by atoms with E-state index < -0.39 is 67.9 Å². The van der Waals surface area contributed by atoms with Crippen LogP contribution in [0.3, 0.4) is 0 Å². The monoisotopic (exact) mass is 783 g/mol. The van der Waals surface area contributed by atoms with Crippen LogP contribution in [-0.2, 0) is 23.3 Å². The number of carbonyl (C=O) groups is 2. The maximum absolute atomic E-state index is 13.9. The lowest BCUT2D eigenvalue weighted by Gasteiger charge is -2.37. The van der Waals surface area contributed by atoms with E-state index in [4.69, 9.17) is 32.7 Å². The third-order valence-corrected chi connectivity index (χ3v) is 10.8. The first kappa shape index (κ1) is 41.0. The molecule has 294 valence electrons. The van der Waals surface area contributed by atoms with Gasteiger partial charge in [-0.2, -0.15) is 9.83 Å². The number of hydrogen-bond donors (Lipinski definition) is 0. The molecule has 2 aromatic carbocycles. The molecule has 55 heavy (non-hydrogen) atoms. The Morgan fingerprint density at radius 2 is 1.76 bits per heavy atom. The maximum Gasteiger partial charge on any atom is 0.508 e. The van der Waals surface area contributed by atoms with Crippen molar-refractivity contribution in [3.63, 3.8) is 0 Å². The SMILES string of the molecule is Cc1cn([C@H]2C[C@H](OP(OCCC#N)N(C(C)C)C(C)C)[C@@H](COC(=O)OC(C)c3cc4c(cc3[N+](=O)[O-])OCO4)O2)c(=O)n(C(=O)c2ccccc2)c1=O. The van der Waals surface area contributed by atoms with Gasteiger partial charge in [-0.15, -0.1) is 0 Å². The van der Waals surface area contributed by atoms with E-state index in [1.807, 2.05) is 38.4 Å². The summed E-state index contributed by atoms with van der Waals surface area (Å²) in [5.41, 5.74) is -1.83. The lowest BCUT2D eigenvalue weighted by Crippen LogP contribution is -2.45. The van der Waals surface area contributed by atoms with Crippen LogP contribution in [0.25, 0.3) is 0 Å².